The third-order valence-corrected chi connectivity index (χ3v) is 0.300. The van der Waals surface area contributed by atoms with Crippen LogP contribution in [-0.2, 0) is 9.47 Å². The highest BCUT2D eigenvalue weighted by molar-refractivity contribution is 5.56. The van der Waals surface area contributed by atoms with E-state index in [1.807, 2.05) is 0 Å². The number of carbonyl (C=O) groups is 1. The molecule has 0 aliphatic rings. The molecule has 0 saturated heterocycles. The number of hydrogen-bond acceptors (Lipinski definition) is 3. The molecule has 1 N–H and O–H groups in total. The number of ether oxygens (including phenoxy) is 2. The summed E-state index contributed by atoms with van der Waals surface area (Å²) in [5, 5.41) is 7.74. The fourth-order valence-corrected chi connectivity index (χ4v) is 0.109. The highest BCUT2D eigenvalue weighted by Crippen LogP contribution is 1.72. The van der Waals surface area contributed by atoms with Gasteiger partial charge >= 0.3 is 6.16 Å². The van der Waals surface area contributed by atoms with Gasteiger partial charge in [-0.2, -0.15) is 0 Å². The van der Waals surface area contributed by atoms with E-state index in [-0.39, 0.29) is 6.79 Å². The quantitative estimate of drug-likeness (QED) is 0.406. The predicted octanol–water partition coefficient (Wildman–Crippen LogP) is 0.285. The van der Waals surface area contributed by atoms with Crippen LogP contribution in [0.5, 0.6) is 0 Å². The zero-order valence-corrected chi connectivity index (χ0v) is 3.88. The first-order chi connectivity index (χ1) is 3.27. The lowest BCUT2D eigenvalue weighted by atomic mass is 11.3. The average molecular weight is 106 g/mol. The third-order valence-electron chi connectivity index (χ3n) is 0.300. The molecular formula is C3H6O4. The Hall–Kier alpha value is -0.770. The van der Waals surface area contributed by atoms with Crippen LogP contribution in [0, 0.1) is 0 Å². The second-order valence-electron chi connectivity index (χ2n) is 0.817. The van der Waals surface area contributed by atoms with Crippen molar-refractivity contribution in [3.8, 4) is 0 Å². The predicted molar refractivity (Wildman–Crippen MR) is 21.0 cm³/mol. The lowest BCUT2D eigenvalue weighted by molar-refractivity contribution is -0.0115. The molecular weight excluding hydrogens is 100 g/mol. The van der Waals surface area contributed by atoms with Crippen LogP contribution in [-0.4, -0.2) is 25.2 Å². The molecule has 0 aliphatic heterocycles. The zero-order valence-electron chi connectivity index (χ0n) is 3.88. The van der Waals surface area contributed by atoms with Crippen molar-refractivity contribution in [2.24, 2.45) is 0 Å². The van der Waals surface area contributed by atoms with E-state index >= 15 is 0 Å². The Labute approximate surface area is 40.7 Å². The summed E-state index contributed by atoms with van der Waals surface area (Å²) in [5.41, 5.74) is 0. The largest absolute Gasteiger partial charge is 0.507 e. The lowest BCUT2D eigenvalue weighted by Gasteiger charge is -1.93. The molecule has 0 amide bonds. The Balaban J connectivity index is 2.82. The van der Waals surface area contributed by atoms with Gasteiger partial charge in [-0.3, -0.25) is 0 Å². The summed E-state index contributed by atoms with van der Waals surface area (Å²) in [6, 6.07) is 0. The summed E-state index contributed by atoms with van der Waals surface area (Å²) in [6.07, 6.45) is -1.32. The van der Waals surface area contributed by atoms with Gasteiger partial charge in [0.15, 0.2) is 6.79 Å². The van der Waals surface area contributed by atoms with Crippen molar-refractivity contribution in [1.82, 2.24) is 0 Å². The van der Waals surface area contributed by atoms with E-state index in [1.165, 1.54) is 7.11 Å². The zero-order chi connectivity index (χ0) is 5.70. The molecule has 7 heavy (non-hydrogen) atoms. The van der Waals surface area contributed by atoms with Crippen LogP contribution < -0.4 is 0 Å². The number of carboxylic acid groups (broad SMARTS) is 1. The molecule has 0 radical (unpaired) electrons. The third kappa shape index (κ3) is 5.23. The van der Waals surface area contributed by atoms with Gasteiger partial charge < -0.3 is 14.6 Å². The summed E-state index contributed by atoms with van der Waals surface area (Å²) in [6.45, 7) is -0.199. The molecule has 42 valence electrons. The van der Waals surface area contributed by atoms with Gasteiger partial charge in [0.25, 0.3) is 0 Å². The Bertz CT molecular complexity index is 60.0. The molecule has 0 unspecified atom stereocenters. The van der Waals surface area contributed by atoms with Gasteiger partial charge in [-0.15, -0.1) is 0 Å². The summed E-state index contributed by atoms with van der Waals surface area (Å²) in [7, 11) is 1.35. The van der Waals surface area contributed by atoms with E-state index in [4.69, 9.17) is 5.11 Å². The Morgan fingerprint density at radius 3 is 2.57 bits per heavy atom. The van der Waals surface area contributed by atoms with Crippen molar-refractivity contribution in [3.05, 3.63) is 0 Å². The Morgan fingerprint density at radius 1 is 1.86 bits per heavy atom. The number of hydrogen-bond donors (Lipinski definition) is 1. The summed E-state index contributed by atoms with van der Waals surface area (Å²) in [4.78, 5) is 9.46. The van der Waals surface area contributed by atoms with Crippen LogP contribution in [0.2, 0.25) is 0 Å². The molecule has 4 nitrogen and oxygen atoms in total. The van der Waals surface area contributed by atoms with E-state index in [1.54, 1.807) is 0 Å². The summed E-state index contributed by atoms with van der Waals surface area (Å²) >= 11 is 0. The molecule has 0 rings (SSSR count). The smallest absolute Gasteiger partial charge is 0.450 e. The van der Waals surface area contributed by atoms with Crippen LogP contribution in [0.25, 0.3) is 0 Å². The minimum absolute atomic E-state index is 0.199. The maximum atomic E-state index is 9.46. The van der Waals surface area contributed by atoms with Crippen LogP contribution >= 0.6 is 0 Å². The van der Waals surface area contributed by atoms with E-state index in [2.05, 4.69) is 9.47 Å². The second kappa shape index (κ2) is 3.42. The molecule has 0 fully saturated rings. The van der Waals surface area contributed by atoms with E-state index < -0.39 is 6.16 Å². The first kappa shape index (κ1) is 6.23. The molecule has 0 spiro atoms. The molecule has 0 aromatic heterocycles. The van der Waals surface area contributed by atoms with Crippen molar-refractivity contribution in [2.45, 2.75) is 0 Å². The van der Waals surface area contributed by atoms with Gasteiger partial charge in [0.05, 0.1) is 0 Å². The van der Waals surface area contributed by atoms with Gasteiger partial charge in [0.2, 0.25) is 0 Å². The standard InChI is InChI=1S/C3H6O4/c1-6-2-7-3(4)5/h2H2,1H3,(H,4,5). The van der Waals surface area contributed by atoms with Gasteiger partial charge in [0, 0.05) is 7.11 Å². The minimum Gasteiger partial charge on any atom is -0.450 e. The summed E-state index contributed by atoms with van der Waals surface area (Å²) in [5.74, 6) is 0. The van der Waals surface area contributed by atoms with Crippen molar-refractivity contribution >= 4 is 6.16 Å². The number of rotatable bonds is 2. The fraction of sp³-hybridized carbons (Fsp3) is 0.667. The first-order valence-corrected chi connectivity index (χ1v) is 1.62. The van der Waals surface area contributed by atoms with Crippen LogP contribution in [0.3, 0.4) is 0 Å². The van der Waals surface area contributed by atoms with Crippen molar-refractivity contribution in [2.75, 3.05) is 13.9 Å². The van der Waals surface area contributed by atoms with Crippen molar-refractivity contribution in [1.29, 1.82) is 0 Å². The van der Waals surface area contributed by atoms with Gasteiger partial charge in [0.1, 0.15) is 0 Å². The maximum Gasteiger partial charge on any atom is 0.507 e. The Morgan fingerprint density at radius 2 is 2.43 bits per heavy atom. The molecule has 0 bridgehead atoms. The summed E-state index contributed by atoms with van der Waals surface area (Å²) < 4.78 is 8.14. The minimum atomic E-state index is -1.32. The molecule has 0 aromatic rings. The van der Waals surface area contributed by atoms with Gasteiger partial charge in [-0.25, -0.2) is 4.79 Å². The molecule has 0 atom stereocenters. The highest BCUT2D eigenvalue weighted by Gasteiger charge is 1.89. The molecule has 0 heterocycles. The van der Waals surface area contributed by atoms with Gasteiger partial charge in [-0.1, -0.05) is 0 Å². The van der Waals surface area contributed by atoms with E-state index in [0.717, 1.165) is 0 Å². The van der Waals surface area contributed by atoms with Gasteiger partial charge in [-0.05, 0) is 0 Å². The monoisotopic (exact) mass is 106 g/mol. The molecule has 0 aromatic carbocycles. The van der Waals surface area contributed by atoms with Crippen LogP contribution in [0.1, 0.15) is 0 Å². The fourth-order valence-electron chi connectivity index (χ4n) is 0.109. The number of methoxy groups -OCH3 is 1. The van der Waals surface area contributed by atoms with E-state index in [0.29, 0.717) is 0 Å². The maximum absolute atomic E-state index is 9.46. The highest BCUT2D eigenvalue weighted by atomic mass is 16.7. The molecule has 0 aliphatic carbocycles. The first-order valence-electron chi connectivity index (χ1n) is 1.62. The normalized spacial score (nSPS) is 8.14. The van der Waals surface area contributed by atoms with Crippen LogP contribution in [0.4, 0.5) is 4.79 Å². The average Bonchev–Trinajstić information content (AvgIpc) is 1.61. The van der Waals surface area contributed by atoms with E-state index in [9.17, 15) is 4.79 Å². The van der Waals surface area contributed by atoms with Crippen LogP contribution in [0.15, 0.2) is 0 Å². The SMILES string of the molecule is COCOC(=O)O. The molecule has 4 heteroatoms. The van der Waals surface area contributed by atoms with Crippen molar-refractivity contribution < 1.29 is 19.4 Å². The second-order valence-corrected chi connectivity index (χ2v) is 0.817. The lowest BCUT2D eigenvalue weighted by Crippen LogP contribution is -2.02. The topological polar surface area (TPSA) is 55.8 Å². The van der Waals surface area contributed by atoms with Crippen molar-refractivity contribution in [3.63, 3.8) is 0 Å². The Kier molecular flexibility index (Phi) is 3.04. The molecule has 0 saturated carbocycles.